The van der Waals surface area contributed by atoms with E-state index >= 15 is 0 Å². The number of anilines is 1. The first kappa shape index (κ1) is 16.5. The van der Waals surface area contributed by atoms with Gasteiger partial charge in [0, 0.05) is 25.4 Å². The maximum absolute atomic E-state index is 12.4. The summed E-state index contributed by atoms with van der Waals surface area (Å²) in [5.74, 6) is -0.473. The minimum atomic E-state index is -0.927. The molecule has 1 aromatic heterocycles. The summed E-state index contributed by atoms with van der Waals surface area (Å²) in [7, 11) is 0. The van der Waals surface area contributed by atoms with Crippen LogP contribution in [-0.4, -0.2) is 45.1 Å². The van der Waals surface area contributed by atoms with Gasteiger partial charge in [0.05, 0.1) is 13.1 Å². The lowest BCUT2D eigenvalue weighted by Gasteiger charge is -2.22. The third-order valence-electron chi connectivity index (χ3n) is 3.35. The highest BCUT2D eigenvalue weighted by Crippen LogP contribution is 2.06. The lowest BCUT2D eigenvalue weighted by Crippen LogP contribution is -2.37. The lowest BCUT2D eigenvalue weighted by atomic mass is 10.1. The standard InChI is InChI=1S/C16H20N4O3/c21-14(7-6-13-4-2-1-3-5-13)20(11-8-15(22)23)12-19-16-17-9-10-18-16/h1-5,9-10H,6-8,11-12H2,(H,22,23)(H2,17,18,19). The topological polar surface area (TPSA) is 98.3 Å². The average Bonchev–Trinajstić information content (AvgIpc) is 3.07. The number of imidazole rings is 1. The Morgan fingerprint density at radius 3 is 2.65 bits per heavy atom. The van der Waals surface area contributed by atoms with Gasteiger partial charge >= 0.3 is 5.97 Å². The highest BCUT2D eigenvalue weighted by molar-refractivity contribution is 5.77. The van der Waals surface area contributed by atoms with Crippen LogP contribution in [0.5, 0.6) is 0 Å². The first-order valence-electron chi connectivity index (χ1n) is 7.42. The van der Waals surface area contributed by atoms with E-state index in [1.165, 1.54) is 4.90 Å². The molecule has 0 aliphatic rings. The average molecular weight is 316 g/mol. The Kier molecular flexibility index (Phi) is 6.17. The number of aromatic nitrogens is 2. The molecule has 0 unspecified atom stereocenters. The molecule has 1 heterocycles. The summed E-state index contributed by atoms with van der Waals surface area (Å²) in [6.07, 6.45) is 4.15. The van der Waals surface area contributed by atoms with E-state index in [-0.39, 0.29) is 25.5 Å². The number of carbonyl (C=O) groups is 2. The number of carboxylic acid groups (broad SMARTS) is 1. The lowest BCUT2D eigenvalue weighted by molar-refractivity contribution is -0.138. The highest BCUT2D eigenvalue weighted by atomic mass is 16.4. The van der Waals surface area contributed by atoms with E-state index in [2.05, 4.69) is 15.3 Å². The Morgan fingerprint density at radius 2 is 2.00 bits per heavy atom. The van der Waals surface area contributed by atoms with Crippen molar-refractivity contribution in [3.63, 3.8) is 0 Å². The van der Waals surface area contributed by atoms with Crippen LogP contribution in [0, 0.1) is 0 Å². The molecule has 23 heavy (non-hydrogen) atoms. The Balaban J connectivity index is 1.88. The van der Waals surface area contributed by atoms with Crippen LogP contribution in [0.25, 0.3) is 0 Å². The first-order valence-corrected chi connectivity index (χ1v) is 7.42. The van der Waals surface area contributed by atoms with Gasteiger partial charge in [-0.2, -0.15) is 0 Å². The van der Waals surface area contributed by atoms with Gasteiger partial charge in [0.1, 0.15) is 0 Å². The second-order valence-corrected chi connectivity index (χ2v) is 5.06. The van der Waals surface area contributed by atoms with Crippen LogP contribution in [-0.2, 0) is 16.0 Å². The molecule has 2 aromatic rings. The van der Waals surface area contributed by atoms with Crippen LogP contribution in [0.15, 0.2) is 42.7 Å². The third kappa shape index (κ3) is 5.82. The van der Waals surface area contributed by atoms with E-state index in [9.17, 15) is 9.59 Å². The van der Waals surface area contributed by atoms with Crippen LogP contribution < -0.4 is 5.32 Å². The van der Waals surface area contributed by atoms with E-state index in [4.69, 9.17) is 5.11 Å². The first-order chi connectivity index (χ1) is 11.1. The largest absolute Gasteiger partial charge is 0.481 e. The molecule has 1 amide bonds. The monoisotopic (exact) mass is 316 g/mol. The maximum atomic E-state index is 12.4. The quantitative estimate of drug-likeness (QED) is 0.612. The van der Waals surface area contributed by atoms with Gasteiger partial charge in [-0.05, 0) is 12.0 Å². The second-order valence-electron chi connectivity index (χ2n) is 5.06. The van der Waals surface area contributed by atoms with Crippen LogP contribution in [0.1, 0.15) is 18.4 Å². The summed E-state index contributed by atoms with van der Waals surface area (Å²) in [4.78, 5) is 31.5. The molecule has 0 saturated carbocycles. The second kappa shape index (κ2) is 8.57. The fourth-order valence-corrected chi connectivity index (χ4v) is 2.11. The molecular formula is C16H20N4O3. The zero-order valence-electron chi connectivity index (χ0n) is 12.7. The van der Waals surface area contributed by atoms with Crippen molar-refractivity contribution < 1.29 is 14.7 Å². The molecule has 0 bridgehead atoms. The number of aryl methyl sites for hydroxylation is 1. The molecule has 0 saturated heterocycles. The molecule has 1 aromatic carbocycles. The van der Waals surface area contributed by atoms with E-state index in [0.29, 0.717) is 18.8 Å². The number of benzene rings is 1. The van der Waals surface area contributed by atoms with Crippen LogP contribution in [0.4, 0.5) is 5.95 Å². The Morgan fingerprint density at radius 1 is 1.22 bits per heavy atom. The highest BCUT2D eigenvalue weighted by Gasteiger charge is 2.15. The van der Waals surface area contributed by atoms with Crippen LogP contribution in [0.2, 0.25) is 0 Å². The molecule has 0 aliphatic heterocycles. The van der Waals surface area contributed by atoms with Gasteiger partial charge in [-0.25, -0.2) is 4.98 Å². The summed E-state index contributed by atoms with van der Waals surface area (Å²) in [6, 6.07) is 9.73. The summed E-state index contributed by atoms with van der Waals surface area (Å²) in [5, 5.41) is 11.8. The number of hydrogen-bond acceptors (Lipinski definition) is 4. The van der Waals surface area contributed by atoms with Gasteiger partial charge in [-0.15, -0.1) is 0 Å². The fraction of sp³-hybridized carbons (Fsp3) is 0.312. The van der Waals surface area contributed by atoms with Gasteiger partial charge < -0.3 is 20.3 Å². The van der Waals surface area contributed by atoms with Crippen molar-refractivity contribution in [3.05, 3.63) is 48.3 Å². The number of nitrogens with one attached hydrogen (secondary N) is 2. The van der Waals surface area contributed by atoms with E-state index in [1.807, 2.05) is 30.3 Å². The predicted molar refractivity (Wildman–Crippen MR) is 85.8 cm³/mol. The number of aliphatic carboxylic acids is 1. The number of H-pyrrole nitrogens is 1. The SMILES string of the molecule is O=C(O)CCN(CNc1ncc[nH]1)C(=O)CCc1ccccc1. The van der Waals surface area contributed by atoms with Crippen LogP contribution >= 0.6 is 0 Å². The molecule has 2 rings (SSSR count). The summed E-state index contributed by atoms with van der Waals surface area (Å²) < 4.78 is 0. The van der Waals surface area contributed by atoms with Crippen molar-refractivity contribution in [1.82, 2.24) is 14.9 Å². The van der Waals surface area contributed by atoms with Gasteiger partial charge in [0.25, 0.3) is 0 Å². The summed E-state index contributed by atoms with van der Waals surface area (Å²) in [6.45, 7) is 0.380. The molecule has 7 nitrogen and oxygen atoms in total. The number of hydrogen-bond donors (Lipinski definition) is 3. The van der Waals surface area contributed by atoms with Crippen molar-refractivity contribution in [1.29, 1.82) is 0 Å². The smallest absolute Gasteiger partial charge is 0.305 e. The Hall–Kier alpha value is -2.83. The van der Waals surface area contributed by atoms with E-state index < -0.39 is 5.97 Å². The zero-order valence-corrected chi connectivity index (χ0v) is 12.7. The van der Waals surface area contributed by atoms with Crippen molar-refractivity contribution in [3.8, 4) is 0 Å². The Labute approximate surface area is 134 Å². The number of carboxylic acids is 1. The molecule has 0 atom stereocenters. The minimum absolute atomic E-state index is 0.0864. The zero-order chi connectivity index (χ0) is 16.5. The number of carbonyl (C=O) groups excluding carboxylic acids is 1. The van der Waals surface area contributed by atoms with Crippen LogP contribution in [0.3, 0.4) is 0 Å². The van der Waals surface area contributed by atoms with Crippen molar-refractivity contribution in [2.75, 3.05) is 18.5 Å². The number of nitrogens with zero attached hydrogens (tertiary/aromatic N) is 2. The van der Waals surface area contributed by atoms with E-state index in [0.717, 1.165) is 5.56 Å². The molecule has 0 aliphatic carbocycles. The van der Waals surface area contributed by atoms with E-state index in [1.54, 1.807) is 12.4 Å². The Bertz CT molecular complexity index is 614. The molecule has 7 heteroatoms. The summed E-state index contributed by atoms with van der Waals surface area (Å²) in [5.41, 5.74) is 1.08. The molecule has 3 N–H and O–H groups in total. The van der Waals surface area contributed by atoms with Gasteiger partial charge in [0.15, 0.2) is 0 Å². The molecule has 0 fully saturated rings. The normalized spacial score (nSPS) is 10.3. The van der Waals surface area contributed by atoms with Gasteiger partial charge in [-0.3, -0.25) is 9.59 Å². The molecule has 0 radical (unpaired) electrons. The van der Waals surface area contributed by atoms with Gasteiger partial charge in [-0.1, -0.05) is 30.3 Å². The number of aromatic amines is 1. The predicted octanol–water partition coefficient (Wildman–Crippen LogP) is 1.72. The number of rotatable bonds is 9. The maximum Gasteiger partial charge on any atom is 0.305 e. The number of amides is 1. The molecular weight excluding hydrogens is 296 g/mol. The van der Waals surface area contributed by atoms with Crippen molar-refractivity contribution >= 4 is 17.8 Å². The minimum Gasteiger partial charge on any atom is -0.481 e. The van der Waals surface area contributed by atoms with Crippen molar-refractivity contribution in [2.24, 2.45) is 0 Å². The third-order valence-corrected chi connectivity index (χ3v) is 3.35. The van der Waals surface area contributed by atoms with Gasteiger partial charge in [0.2, 0.25) is 11.9 Å². The fourth-order valence-electron chi connectivity index (χ4n) is 2.11. The van der Waals surface area contributed by atoms with Crippen molar-refractivity contribution in [2.45, 2.75) is 19.3 Å². The molecule has 0 spiro atoms. The summed E-state index contributed by atoms with van der Waals surface area (Å²) >= 11 is 0. The molecule has 122 valence electrons.